The number of nitrogens with one attached hydrogen (secondary N) is 1. The van der Waals surface area contributed by atoms with Crippen LogP contribution >= 0.6 is 0 Å². The SMILES string of the molecule is CCCCCC1(CCCCC)OC2C3CC4(C(=O)NC(CO)CCC(=O)OC(C)(C)C)C(ON(Cc5ccc(C=C6CCC7OC7(C)CCC7C6CC7(C)C)cc5)C4C(=O)O3)C2O1. The van der Waals surface area contributed by atoms with Gasteiger partial charge < -0.3 is 34.1 Å². The smallest absolute Gasteiger partial charge is 0.327 e. The summed E-state index contributed by atoms with van der Waals surface area (Å²) in [6.07, 6.45) is 13.3. The summed E-state index contributed by atoms with van der Waals surface area (Å²) in [6, 6.07) is 6.64. The van der Waals surface area contributed by atoms with Crippen molar-refractivity contribution in [1.82, 2.24) is 10.4 Å². The van der Waals surface area contributed by atoms with Crippen LogP contribution in [0.1, 0.15) is 169 Å². The van der Waals surface area contributed by atoms with Crippen LogP contribution in [0, 0.1) is 22.7 Å². The first-order chi connectivity index (χ1) is 29.9. The zero-order valence-corrected chi connectivity index (χ0v) is 39.4. The molecule has 0 radical (unpaired) electrons. The Hall–Kier alpha value is -2.87. The largest absolute Gasteiger partial charge is 0.460 e. The molecule has 0 spiro atoms. The number of unbranched alkanes of at least 4 members (excludes halogenated alkanes) is 4. The molecule has 7 aliphatic rings. The summed E-state index contributed by atoms with van der Waals surface area (Å²) in [5.74, 6) is -1.01. The second-order valence-electron chi connectivity index (χ2n) is 22.1. The maximum Gasteiger partial charge on any atom is 0.327 e. The molecule has 4 aliphatic heterocycles. The summed E-state index contributed by atoms with van der Waals surface area (Å²) in [5, 5.41) is 15.2. The minimum Gasteiger partial charge on any atom is -0.460 e. The first kappa shape index (κ1) is 46.7. The summed E-state index contributed by atoms with van der Waals surface area (Å²) >= 11 is 0. The van der Waals surface area contributed by atoms with Crippen LogP contribution < -0.4 is 5.32 Å². The normalized spacial score (nSPS) is 36.1. The van der Waals surface area contributed by atoms with E-state index in [2.05, 4.69) is 70.3 Å². The fraction of sp³-hybridized carbons (Fsp3) is 0.784. The maximum atomic E-state index is 15.0. The number of hydrogen-bond acceptors (Lipinski definition) is 11. The van der Waals surface area contributed by atoms with Crippen molar-refractivity contribution in [2.45, 2.75) is 224 Å². The fourth-order valence-electron chi connectivity index (χ4n) is 12.2. The minimum atomic E-state index is -1.40. The Morgan fingerprint density at radius 3 is 2.32 bits per heavy atom. The fourth-order valence-corrected chi connectivity index (χ4v) is 12.2. The van der Waals surface area contributed by atoms with E-state index in [1.54, 1.807) is 25.8 Å². The lowest BCUT2D eigenvalue weighted by Gasteiger charge is -2.53. The number of benzene rings is 1. The molecule has 4 saturated heterocycles. The lowest BCUT2D eigenvalue weighted by molar-refractivity contribution is -0.224. The lowest BCUT2D eigenvalue weighted by atomic mass is 9.52. The number of hydroxylamine groups is 2. The van der Waals surface area contributed by atoms with Crippen LogP contribution in [-0.2, 0) is 49.5 Å². The van der Waals surface area contributed by atoms with E-state index in [1.165, 1.54) is 18.4 Å². The molecular formula is C51H76N2O10. The van der Waals surface area contributed by atoms with E-state index in [-0.39, 0.29) is 31.4 Å². The molecule has 12 heteroatoms. The van der Waals surface area contributed by atoms with Gasteiger partial charge >= 0.3 is 11.9 Å². The molecule has 8 rings (SSSR count). The monoisotopic (exact) mass is 877 g/mol. The molecule has 0 aromatic heterocycles. The van der Waals surface area contributed by atoms with E-state index in [9.17, 15) is 14.7 Å². The highest BCUT2D eigenvalue weighted by molar-refractivity contribution is 5.93. The number of allylic oxidation sites excluding steroid dienone is 1. The number of ether oxygens (including phenoxy) is 5. The van der Waals surface area contributed by atoms with Gasteiger partial charge in [0, 0.05) is 25.7 Å². The van der Waals surface area contributed by atoms with Gasteiger partial charge in [0.15, 0.2) is 11.8 Å². The lowest BCUT2D eigenvalue weighted by Crippen LogP contribution is -2.70. The Bertz CT molecular complexity index is 1850. The molecule has 3 aliphatic carbocycles. The van der Waals surface area contributed by atoms with Crippen LogP contribution in [0.2, 0.25) is 0 Å². The van der Waals surface area contributed by atoms with E-state index < -0.39 is 77.8 Å². The number of carbonyl (C=O) groups is 3. The van der Waals surface area contributed by atoms with Gasteiger partial charge in [-0.3, -0.25) is 19.2 Å². The van der Waals surface area contributed by atoms with Gasteiger partial charge in [-0.15, -0.1) is 0 Å². The molecule has 1 aromatic carbocycles. The molecule has 11 atom stereocenters. The molecule has 350 valence electrons. The van der Waals surface area contributed by atoms with Crippen LogP contribution in [0.25, 0.3) is 6.08 Å². The van der Waals surface area contributed by atoms with Crippen LogP contribution in [-0.4, -0.2) is 94.2 Å². The number of nitrogens with zero attached hydrogens (tertiary/aromatic N) is 1. The average Bonchev–Trinajstić information content (AvgIpc) is 3.50. The highest BCUT2D eigenvalue weighted by atomic mass is 16.8. The van der Waals surface area contributed by atoms with E-state index in [1.807, 2.05) is 0 Å². The van der Waals surface area contributed by atoms with Gasteiger partial charge in [0.2, 0.25) is 5.91 Å². The minimum absolute atomic E-state index is 0.00981. The topological polar surface area (TPSA) is 145 Å². The molecule has 2 bridgehead atoms. The predicted octanol–water partition coefficient (Wildman–Crippen LogP) is 8.50. The number of epoxide rings is 1. The average molecular weight is 877 g/mol. The molecule has 1 aromatic rings. The number of esters is 2. The highest BCUT2D eigenvalue weighted by Gasteiger charge is 2.76. The number of hydrogen-bond donors (Lipinski definition) is 2. The van der Waals surface area contributed by atoms with Gasteiger partial charge in [0.25, 0.3) is 0 Å². The third-order valence-electron chi connectivity index (χ3n) is 15.7. The Kier molecular flexibility index (Phi) is 13.4. The Labute approximate surface area is 375 Å². The number of aliphatic hydroxyl groups excluding tert-OH is 1. The van der Waals surface area contributed by atoms with Crippen molar-refractivity contribution in [3.8, 4) is 0 Å². The first-order valence-corrected chi connectivity index (χ1v) is 24.5. The second-order valence-corrected chi connectivity index (χ2v) is 22.1. The third kappa shape index (κ3) is 9.42. The van der Waals surface area contributed by atoms with Crippen molar-refractivity contribution in [2.75, 3.05) is 6.61 Å². The van der Waals surface area contributed by atoms with Gasteiger partial charge in [0.05, 0.1) is 30.9 Å². The van der Waals surface area contributed by atoms with Crippen molar-refractivity contribution in [1.29, 1.82) is 0 Å². The molecule has 12 nitrogen and oxygen atoms in total. The summed E-state index contributed by atoms with van der Waals surface area (Å²) in [5.41, 5.74) is 1.91. The standard InChI is InChI=1S/C51H76N2O10/c1-9-11-13-24-50(25-14-12-10-2)61-41-38-29-51(46(57)52-35(31-54)20-22-40(55)60-47(3,4)5)43(45(56)58-38)53(63-44(51)42(41)62-50)30-33-17-15-32(16-18-33)27-34-19-21-39-49(8,59-39)26-23-37-36(34)28-48(37,6)7/h15-18,27,35-39,41-44,54H,9-14,19-26,28-31H2,1-8H3,(H,52,57). The summed E-state index contributed by atoms with van der Waals surface area (Å²) in [4.78, 5) is 49.0. The summed E-state index contributed by atoms with van der Waals surface area (Å²) in [6.45, 7) is 16.7. The Morgan fingerprint density at radius 2 is 1.67 bits per heavy atom. The van der Waals surface area contributed by atoms with E-state index in [0.717, 1.165) is 68.9 Å². The van der Waals surface area contributed by atoms with E-state index in [4.69, 9.17) is 28.5 Å². The van der Waals surface area contributed by atoms with Crippen molar-refractivity contribution >= 4 is 23.9 Å². The van der Waals surface area contributed by atoms with Crippen LogP contribution in [0.3, 0.4) is 0 Å². The molecule has 7 fully saturated rings. The number of amides is 1. The first-order valence-electron chi connectivity index (χ1n) is 24.5. The molecule has 63 heavy (non-hydrogen) atoms. The van der Waals surface area contributed by atoms with Gasteiger partial charge in [0.1, 0.15) is 35.4 Å². The molecule has 4 heterocycles. The summed E-state index contributed by atoms with van der Waals surface area (Å²) < 4.78 is 32.0. The van der Waals surface area contributed by atoms with Crippen molar-refractivity contribution in [3.63, 3.8) is 0 Å². The molecule has 3 saturated carbocycles. The number of aliphatic hydroxyl groups is 1. The van der Waals surface area contributed by atoms with Crippen LogP contribution in [0.4, 0.5) is 0 Å². The molecule has 11 unspecified atom stereocenters. The van der Waals surface area contributed by atoms with E-state index in [0.29, 0.717) is 36.2 Å². The predicted molar refractivity (Wildman–Crippen MR) is 238 cm³/mol. The van der Waals surface area contributed by atoms with Gasteiger partial charge in [-0.05, 0) is 107 Å². The highest BCUT2D eigenvalue weighted by Crippen LogP contribution is 2.61. The summed E-state index contributed by atoms with van der Waals surface area (Å²) in [7, 11) is 0. The zero-order valence-electron chi connectivity index (χ0n) is 39.4. The quantitative estimate of drug-likeness (QED) is 0.0883. The van der Waals surface area contributed by atoms with Crippen molar-refractivity contribution in [3.05, 3.63) is 41.0 Å². The number of carbonyl (C=O) groups excluding carboxylic acids is 3. The molecule has 2 N–H and O–H groups in total. The van der Waals surface area contributed by atoms with E-state index >= 15 is 4.79 Å². The number of rotatable bonds is 17. The van der Waals surface area contributed by atoms with Gasteiger partial charge in [-0.2, -0.15) is 5.06 Å². The van der Waals surface area contributed by atoms with Crippen LogP contribution in [0.15, 0.2) is 29.8 Å². The zero-order chi connectivity index (χ0) is 45.0. The molecular weight excluding hydrogens is 801 g/mol. The second kappa shape index (κ2) is 18.1. The maximum absolute atomic E-state index is 15.0. The number of fused-ring (bicyclic) bond motifs is 6. The Morgan fingerprint density at radius 1 is 0.968 bits per heavy atom. The van der Waals surface area contributed by atoms with Gasteiger partial charge in [-0.1, -0.05) is 89.3 Å². The van der Waals surface area contributed by atoms with Crippen molar-refractivity contribution in [2.24, 2.45) is 22.7 Å². The molecule has 1 amide bonds. The van der Waals surface area contributed by atoms with Crippen molar-refractivity contribution < 1.29 is 48.0 Å². The van der Waals surface area contributed by atoms with Gasteiger partial charge in [-0.25, -0.2) is 0 Å². The Balaban J connectivity index is 1.06. The third-order valence-corrected chi connectivity index (χ3v) is 15.7. The van der Waals surface area contributed by atoms with Crippen LogP contribution in [0.5, 0.6) is 0 Å².